The number of rotatable bonds is 2. The molecule has 2 aromatic heterocycles. The van der Waals surface area contributed by atoms with Gasteiger partial charge in [-0.3, -0.25) is 9.67 Å². The second kappa shape index (κ2) is 5.01. The molecule has 1 saturated heterocycles. The number of pyridine rings is 1. The van der Waals surface area contributed by atoms with E-state index in [0.29, 0.717) is 12.8 Å². The van der Waals surface area contributed by atoms with Crippen LogP contribution in [0.4, 0.5) is 0 Å². The van der Waals surface area contributed by atoms with E-state index in [1.165, 1.54) is 0 Å². The monoisotopic (exact) mass is 291 g/mol. The molecule has 1 aliphatic rings. The van der Waals surface area contributed by atoms with E-state index in [9.17, 15) is 8.42 Å². The van der Waals surface area contributed by atoms with Crippen molar-refractivity contribution in [1.29, 1.82) is 0 Å². The molecule has 5 nitrogen and oxygen atoms in total. The van der Waals surface area contributed by atoms with Gasteiger partial charge in [0.05, 0.1) is 23.2 Å². The minimum atomic E-state index is -2.83. The number of hydrogen-bond donors (Lipinski definition) is 0. The lowest BCUT2D eigenvalue weighted by atomic mass is 10.2. The Hall–Kier alpha value is -1.69. The first-order valence-corrected chi connectivity index (χ1v) is 8.55. The van der Waals surface area contributed by atoms with Crippen LogP contribution in [0.1, 0.15) is 24.6 Å². The van der Waals surface area contributed by atoms with Gasteiger partial charge in [-0.05, 0) is 38.0 Å². The maximum absolute atomic E-state index is 11.5. The van der Waals surface area contributed by atoms with Gasteiger partial charge in [0, 0.05) is 11.9 Å². The summed E-state index contributed by atoms with van der Waals surface area (Å²) < 4.78 is 24.8. The lowest BCUT2D eigenvalue weighted by molar-refractivity contribution is 0.414. The maximum atomic E-state index is 11.5. The summed E-state index contributed by atoms with van der Waals surface area (Å²) in [4.78, 5) is 4.45. The lowest BCUT2D eigenvalue weighted by Crippen LogP contribution is -2.25. The summed E-state index contributed by atoms with van der Waals surface area (Å²) >= 11 is 0. The van der Waals surface area contributed by atoms with Crippen LogP contribution in [0.15, 0.2) is 30.5 Å². The van der Waals surface area contributed by atoms with Crippen molar-refractivity contribution >= 4 is 9.84 Å². The second-order valence-electron chi connectivity index (χ2n) is 5.23. The minimum Gasteiger partial charge on any atom is -0.269 e. The van der Waals surface area contributed by atoms with Crippen LogP contribution in [0.3, 0.4) is 0 Å². The third-order valence-corrected chi connectivity index (χ3v) is 5.37. The average molecular weight is 291 g/mol. The minimum absolute atomic E-state index is 0.178. The number of sulfone groups is 1. The summed E-state index contributed by atoms with van der Waals surface area (Å²) in [6.45, 7) is 1.95. The molecular formula is C14H17N3O2S. The second-order valence-corrected chi connectivity index (χ2v) is 7.53. The predicted octanol–water partition coefficient (Wildman–Crippen LogP) is 2.00. The normalized spacial score (nSPS) is 19.1. The Labute approximate surface area is 118 Å². The number of aryl methyl sites for hydroxylation is 1. The molecule has 1 fully saturated rings. The van der Waals surface area contributed by atoms with Crippen molar-refractivity contribution in [1.82, 2.24) is 14.8 Å². The van der Waals surface area contributed by atoms with Gasteiger partial charge in [-0.25, -0.2) is 8.42 Å². The smallest absolute Gasteiger partial charge is 0.150 e. The fourth-order valence-electron chi connectivity index (χ4n) is 2.51. The van der Waals surface area contributed by atoms with Crippen molar-refractivity contribution in [2.45, 2.75) is 25.8 Å². The molecule has 3 heterocycles. The quantitative estimate of drug-likeness (QED) is 0.849. The van der Waals surface area contributed by atoms with Gasteiger partial charge >= 0.3 is 0 Å². The molecule has 106 valence electrons. The highest BCUT2D eigenvalue weighted by molar-refractivity contribution is 7.91. The summed E-state index contributed by atoms with van der Waals surface area (Å²) in [5, 5.41) is 4.55. The van der Waals surface area contributed by atoms with Gasteiger partial charge in [-0.15, -0.1) is 0 Å². The Morgan fingerprint density at radius 1 is 1.15 bits per heavy atom. The molecular weight excluding hydrogens is 274 g/mol. The predicted molar refractivity (Wildman–Crippen MR) is 77.1 cm³/mol. The molecule has 0 radical (unpaired) electrons. The van der Waals surface area contributed by atoms with Crippen molar-refractivity contribution in [3.05, 3.63) is 36.2 Å². The fraction of sp³-hybridized carbons (Fsp3) is 0.429. The van der Waals surface area contributed by atoms with Crippen molar-refractivity contribution in [2.24, 2.45) is 0 Å². The summed E-state index contributed by atoms with van der Waals surface area (Å²) in [5.41, 5.74) is 2.65. The molecule has 0 atom stereocenters. The highest BCUT2D eigenvalue weighted by Gasteiger charge is 2.25. The third-order valence-electron chi connectivity index (χ3n) is 3.66. The summed E-state index contributed by atoms with van der Waals surface area (Å²) in [5.74, 6) is 0.519. The molecule has 6 heteroatoms. The van der Waals surface area contributed by atoms with E-state index in [1.807, 2.05) is 42.1 Å². The topological polar surface area (TPSA) is 64.8 Å². The molecule has 0 amide bonds. The zero-order valence-corrected chi connectivity index (χ0v) is 12.2. The highest BCUT2D eigenvalue weighted by Crippen LogP contribution is 2.25. The molecule has 3 rings (SSSR count). The van der Waals surface area contributed by atoms with Crippen LogP contribution in [0, 0.1) is 6.92 Å². The van der Waals surface area contributed by atoms with Crippen molar-refractivity contribution in [2.75, 3.05) is 11.5 Å². The molecule has 20 heavy (non-hydrogen) atoms. The van der Waals surface area contributed by atoms with E-state index in [4.69, 9.17) is 0 Å². The van der Waals surface area contributed by atoms with Crippen molar-refractivity contribution in [3.8, 4) is 11.4 Å². The summed E-state index contributed by atoms with van der Waals surface area (Å²) in [6.07, 6.45) is 3.21. The first-order chi connectivity index (χ1) is 9.53. The van der Waals surface area contributed by atoms with E-state index >= 15 is 0 Å². The van der Waals surface area contributed by atoms with E-state index in [-0.39, 0.29) is 17.5 Å². The third kappa shape index (κ3) is 2.75. The Morgan fingerprint density at radius 2 is 1.90 bits per heavy atom. The average Bonchev–Trinajstić information content (AvgIpc) is 2.88. The molecule has 0 aromatic carbocycles. The summed E-state index contributed by atoms with van der Waals surface area (Å²) in [6, 6.07) is 7.96. The molecule has 0 aliphatic carbocycles. The Morgan fingerprint density at radius 3 is 2.60 bits per heavy atom. The molecule has 0 unspecified atom stereocenters. The van der Waals surface area contributed by atoms with E-state index in [2.05, 4.69) is 10.1 Å². The van der Waals surface area contributed by atoms with Gasteiger partial charge in [-0.2, -0.15) is 5.10 Å². The van der Waals surface area contributed by atoms with Crippen LogP contribution in [0.25, 0.3) is 11.4 Å². The molecule has 1 aliphatic heterocycles. The van der Waals surface area contributed by atoms with E-state index in [0.717, 1.165) is 17.1 Å². The van der Waals surface area contributed by atoms with Crippen LogP contribution in [-0.4, -0.2) is 34.7 Å². The van der Waals surface area contributed by atoms with Crippen molar-refractivity contribution in [3.63, 3.8) is 0 Å². The molecule has 0 bridgehead atoms. The van der Waals surface area contributed by atoms with E-state index in [1.54, 1.807) is 0 Å². The highest BCUT2D eigenvalue weighted by atomic mass is 32.2. The first kappa shape index (κ1) is 13.3. The lowest BCUT2D eigenvalue weighted by Gasteiger charge is -2.22. The maximum Gasteiger partial charge on any atom is 0.150 e. The number of hydrogen-bond acceptors (Lipinski definition) is 4. The number of nitrogens with zero attached hydrogens (tertiary/aromatic N) is 3. The molecule has 0 saturated carbocycles. The van der Waals surface area contributed by atoms with Crippen LogP contribution in [0.5, 0.6) is 0 Å². The van der Waals surface area contributed by atoms with Crippen LogP contribution in [-0.2, 0) is 9.84 Å². The zero-order valence-electron chi connectivity index (χ0n) is 11.4. The van der Waals surface area contributed by atoms with E-state index < -0.39 is 9.84 Å². The van der Waals surface area contributed by atoms with Gasteiger partial charge in [0.25, 0.3) is 0 Å². The zero-order chi connectivity index (χ0) is 14.2. The van der Waals surface area contributed by atoms with Gasteiger partial charge in [0.2, 0.25) is 0 Å². The molecule has 2 aromatic rings. The van der Waals surface area contributed by atoms with Gasteiger partial charge in [-0.1, -0.05) is 6.07 Å². The Kier molecular flexibility index (Phi) is 3.33. The largest absolute Gasteiger partial charge is 0.269 e. The van der Waals surface area contributed by atoms with Crippen LogP contribution < -0.4 is 0 Å². The van der Waals surface area contributed by atoms with Gasteiger partial charge in [0.15, 0.2) is 0 Å². The van der Waals surface area contributed by atoms with Gasteiger partial charge in [0.1, 0.15) is 15.5 Å². The molecule has 0 N–H and O–H groups in total. The SMILES string of the molecule is Cc1cccc(-c2ccn(C3CCS(=O)(=O)CC3)n2)n1. The first-order valence-electron chi connectivity index (χ1n) is 6.73. The Bertz CT molecular complexity index is 708. The summed E-state index contributed by atoms with van der Waals surface area (Å²) in [7, 11) is -2.83. The fourth-order valence-corrected chi connectivity index (χ4v) is 3.97. The van der Waals surface area contributed by atoms with Crippen LogP contribution in [0.2, 0.25) is 0 Å². The Balaban J connectivity index is 1.81. The standard InChI is InChI=1S/C14H17N3O2S/c1-11-3-2-4-13(15-11)14-5-8-17(16-14)12-6-9-20(18,19)10-7-12/h2-5,8,12H,6-7,9-10H2,1H3. The van der Waals surface area contributed by atoms with Crippen molar-refractivity contribution < 1.29 is 8.42 Å². The number of aromatic nitrogens is 3. The van der Waals surface area contributed by atoms with Gasteiger partial charge < -0.3 is 0 Å². The van der Waals surface area contributed by atoms with Crippen LogP contribution >= 0.6 is 0 Å². The molecule has 0 spiro atoms.